The molecule has 20 heavy (non-hydrogen) atoms. The Bertz CT molecular complexity index is 604. The molecule has 6 heteroatoms. The summed E-state index contributed by atoms with van der Waals surface area (Å²) in [7, 11) is 1.61. The van der Waals surface area contributed by atoms with E-state index in [1.807, 2.05) is 6.07 Å². The minimum absolute atomic E-state index is 0.357. The first kappa shape index (κ1) is 14.8. The fourth-order valence-corrected chi connectivity index (χ4v) is 2.72. The van der Waals surface area contributed by atoms with Crippen molar-refractivity contribution in [2.24, 2.45) is 5.84 Å². The van der Waals surface area contributed by atoms with E-state index in [1.54, 1.807) is 18.9 Å². The van der Waals surface area contributed by atoms with Gasteiger partial charge in [-0.15, -0.1) is 0 Å². The molecule has 106 valence electrons. The van der Waals surface area contributed by atoms with Crippen molar-refractivity contribution < 1.29 is 4.74 Å². The number of nitrogens with two attached hydrogens (primary N) is 1. The van der Waals surface area contributed by atoms with E-state index < -0.39 is 0 Å². The molecule has 2 aromatic rings. The van der Waals surface area contributed by atoms with Gasteiger partial charge >= 0.3 is 0 Å². The number of aromatic nitrogens is 2. The predicted octanol–water partition coefficient (Wildman–Crippen LogP) is 2.68. The second kappa shape index (κ2) is 6.69. The molecule has 0 fully saturated rings. The summed E-state index contributed by atoms with van der Waals surface area (Å²) >= 11 is 1.59. The summed E-state index contributed by atoms with van der Waals surface area (Å²) in [5, 5.41) is 0.840. The van der Waals surface area contributed by atoms with Gasteiger partial charge in [0.1, 0.15) is 17.5 Å². The number of benzene rings is 1. The lowest BCUT2D eigenvalue weighted by Gasteiger charge is -2.09. The van der Waals surface area contributed by atoms with Crippen LogP contribution in [0.15, 0.2) is 34.2 Å². The first-order chi connectivity index (χ1) is 9.62. The summed E-state index contributed by atoms with van der Waals surface area (Å²) in [6.07, 6.45) is 0. The molecule has 1 aromatic heterocycles. The molecule has 0 aliphatic heterocycles. The Hall–Kier alpha value is -1.63. The van der Waals surface area contributed by atoms with Gasteiger partial charge in [-0.1, -0.05) is 29.5 Å². The molecule has 5 nitrogen and oxygen atoms in total. The smallest absolute Gasteiger partial charge is 0.157 e. The van der Waals surface area contributed by atoms with E-state index in [4.69, 9.17) is 10.6 Å². The highest BCUT2D eigenvalue weighted by Crippen LogP contribution is 2.30. The Morgan fingerprint density at radius 3 is 2.70 bits per heavy atom. The number of methoxy groups -OCH3 is 1. The Labute approximate surface area is 122 Å². The quantitative estimate of drug-likeness (QED) is 0.501. The molecule has 2 rings (SSSR count). The van der Waals surface area contributed by atoms with Gasteiger partial charge < -0.3 is 10.2 Å². The largest absolute Gasteiger partial charge is 0.377 e. The highest BCUT2D eigenvalue weighted by atomic mass is 32.2. The van der Waals surface area contributed by atoms with Crippen LogP contribution in [-0.4, -0.2) is 17.1 Å². The zero-order chi connectivity index (χ0) is 14.5. The lowest BCUT2D eigenvalue weighted by Crippen LogP contribution is -2.11. The molecular weight excluding hydrogens is 272 g/mol. The normalized spacial score (nSPS) is 10.6. The molecular formula is C14H18N4OS. The van der Waals surface area contributed by atoms with Crippen LogP contribution in [0.25, 0.3) is 0 Å². The maximum atomic E-state index is 5.44. The second-order valence-electron chi connectivity index (χ2n) is 4.46. The summed E-state index contributed by atoms with van der Waals surface area (Å²) < 4.78 is 5.07. The van der Waals surface area contributed by atoms with Crippen LogP contribution in [0.3, 0.4) is 0 Å². The van der Waals surface area contributed by atoms with Gasteiger partial charge in [-0.05, 0) is 25.5 Å². The first-order valence-corrected chi connectivity index (χ1v) is 7.02. The number of anilines is 1. The van der Waals surface area contributed by atoms with Crippen LogP contribution in [0, 0.1) is 13.8 Å². The molecule has 0 aliphatic carbocycles. The topological polar surface area (TPSA) is 73.1 Å². The number of hydrazine groups is 1. The van der Waals surface area contributed by atoms with E-state index in [2.05, 4.69) is 47.4 Å². The Balaban J connectivity index is 2.29. The van der Waals surface area contributed by atoms with Crippen molar-refractivity contribution in [3.63, 3.8) is 0 Å². The van der Waals surface area contributed by atoms with E-state index in [1.165, 1.54) is 16.0 Å². The van der Waals surface area contributed by atoms with Gasteiger partial charge in [0.2, 0.25) is 0 Å². The van der Waals surface area contributed by atoms with Crippen LogP contribution in [0.4, 0.5) is 5.82 Å². The van der Waals surface area contributed by atoms with Gasteiger partial charge in [0.15, 0.2) is 5.82 Å². The molecule has 1 heterocycles. The molecule has 0 aliphatic rings. The van der Waals surface area contributed by atoms with Crippen molar-refractivity contribution in [1.29, 1.82) is 0 Å². The Morgan fingerprint density at radius 2 is 2.05 bits per heavy atom. The number of ether oxygens (including phenoxy) is 1. The van der Waals surface area contributed by atoms with Gasteiger partial charge in [0.25, 0.3) is 0 Å². The van der Waals surface area contributed by atoms with Crippen LogP contribution in [0.5, 0.6) is 0 Å². The molecule has 0 atom stereocenters. The number of aryl methyl sites for hydroxylation is 2. The van der Waals surface area contributed by atoms with E-state index >= 15 is 0 Å². The fraction of sp³-hybridized carbons (Fsp3) is 0.286. The standard InChI is InChI=1S/C14H18N4OS/c1-9-4-5-11(10(2)6-9)20-14-7-12(18-15)16-13(17-14)8-19-3/h4-7H,8,15H2,1-3H3,(H,16,17,18). The molecule has 0 unspecified atom stereocenters. The molecule has 3 N–H and O–H groups in total. The van der Waals surface area contributed by atoms with Gasteiger partial charge in [-0.2, -0.15) is 0 Å². The van der Waals surface area contributed by atoms with Crippen LogP contribution >= 0.6 is 11.8 Å². The van der Waals surface area contributed by atoms with Crippen LogP contribution in [0.2, 0.25) is 0 Å². The SMILES string of the molecule is COCc1nc(NN)cc(Sc2ccc(C)cc2C)n1. The third-order valence-electron chi connectivity index (χ3n) is 2.72. The maximum Gasteiger partial charge on any atom is 0.157 e. The summed E-state index contributed by atoms with van der Waals surface area (Å²) in [5.74, 6) is 6.63. The van der Waals surface area contributed by atoms with Crippen molar-refractivity contribution >= 4 is 17.6 Å². The third-order valence-corrected chi connectivity index (χ3v) is 3.81. The zero-order valence-corrected chi connectivity index (χ0v) is 12.6. The van der Waals surface area contributed by atoms with Gasteiger partial charge in [0.05, 0.1) is 0 Å². The first-order valence-electron chi connectivity index (χ1n) is 6.21. The Morgan fingerprint density at radius 1 is 1.25 bits per heavy atom. The fourth-order valence-electron chi connectivity index (χ4n) is 1.82. The van der Waals surface area contributed by atoms with Crippen LogP contribution in [-0.2, 0) is 11.3 Å². The summed E-state index contributed by atoms with van der Waals surface area (Å²) in [6.45, 7) is 4.53. The minimum Gasteiger partial charge on any atom is -0.377 e. The average molecular weight is 290 g/mol. The van der Waals surface area contributed by atoms with Crippen molar-refractivity contribution in [2.75, 3.05) is 12.5 Å². The van der Waals surface area contributed by atoms with Crippen LogP contribution < -0.4 is 11.3 Å². The van der Waals surface area contributed by atoms with Crippen molar-refractivity contribution in [3.8, 4) is 0 Å². The molecule has 1 aromatic carbocycles. The second-order valence-corrected chi connectivity index (χ2v) is 5.52. The minimum atomic E-state index is 0.357. The van der Waals surface area contributed by atoms with Crippen molar-refractivity contribution in [3.05, 3.63) is 41.2 Å². The van der Waals surface area contributed by atoms with Crippen LogP contribution in [0.1, 0.15) is 17.0 Å². The number of rotatable bonds is 5. The van der Waals surface area contributed by atoms with Gasteiger partial charge in [-0.3, -0.25) is 0 Å². The molecule has 0 spiro atoms. The molecule has 0 radical (unpaired) electrons. The molecule has 0 saturated carbocycles. The van der Waals surface area contributed by atoms with Crippen molar-refractivity contribution in [1.82, 2.24) is 9.97 Å². The third kappa shape index (κ3) is 3.69. The zero-order valence-electron chi connectivity index (χ0n) is 11.8. The summed E-state index contributed by atoms with van der Waals surface area (Å²) in [6, 6.07) is 8.17. The molecule has 0 amide bonds. The summed E-state index contributed by atoms with van der Waals surface area (Å²) in [5.41, 5.74) is 5.03. The van der Waals surface area contributed by atoms with Gasteiger partial charge in [-0.25, -0.2) is 15.8 Å². The van der Waals surface area contributed by atoms with E-state index in [-0.39, 0.29) is 0 Å². The monoisotopic (exact) mass is 290 g/mol. The molecule has 0 saturated heterocycles. The predicted molar refractivity (Wildman–Crippen MR) is 80.6 cm³/mol. The lowest BCUT2D eigenvalue weighted by molar-refractivity contribution is 0.177. The average Bonchev–Trinajstić information content (AvgIpc) is 2.42. The number of hydrogen-bond acceptors (Lipinski definition) is 6. The lowest BCUT2D eigenvalue weighted by atomic mass is 10.2. The Kier molecular flexibility index (Phi) is 4.94. The number of hydrogen-bond donors (Lipinski definition) is 2. The summed E-state index contributed by atoms with van der Waals surface area (Å²) in [4.78, 5) is 9.86. The van der Waals surface area contributed by atoms with E-state index in [9.17, 15) is 0 Å². The van der Waals surface area contributed by atoms with Crippen molar-refractivity contribution in [2.45, 2.75) is 30.4 Å². The maximum absolute atomic E-state index is 5.44. The number of nitrogens with one attached hydrogen (secondary N) is 1. The highest BCUT2D eigenvalue weighted by Gasteiger charge is 2.07. The van der Waals surface area contributed by atoms with E-state index in [0.717, 1.165) is 5.03 Å². The van der Waals surface area contributed by atoms with Gasteiger partial charge in [0, 0.05) is 18.1 Å². The molecule has 0 bridgehead atoms. The highest BCUT2D eigenvalue weighted by molar-refractivity contribution is 7.99. The number of nitrogen functional groups attached to an aromatic ring is 1. The number of nitrogens with zero attached hydrogens (tertiary/aromatic N) is 2. The van der Waals surface area contributed by atoms with E-state index in [0.29, 0.717) is 18.2 Å².